The summed E-state index contributed by atoms with van der Waals surface area (Å²) < 4.78 is 25.4. The van der Waals surface area contributed by atoms with E-state index in [-0.39, 0.29) is 5.03 Å². The van der Waals surface area contributed by atoms with Gasteiger partial charge in [0.1, 0.15) is 0 Å². The van der Waals surface area contributed by atoms with Crippen LogP contribution in [0.1, 0.15) is 30.2 Å². The van der Waals surface area contributed by atoms with Crippen LogP contribution in [-0.2, 0) is 34.0 Å². The number of carboxylic acids is 1. The molecule has 0 spiro atoms. The van der Waals surface area contributed by atoms with E-state index < -0.39 is 21.2 Å². The Kier molecular flexibility index (Phi) is 4.30. The molecule has 28 heavy (non-hydrogen) atoms. The van der Waals surface area contributed by atoms with Gasteiger partial charge in [0.25, 0.3) is 0 Å². The molecule has 2 aromatic heterocycles. The average Bonchev–Trinajstić information content (AvgIpc) is 2.95. The van der Waals surface area contributed by atoms with Crippen molar-refractivity contribution in [1.82, 2.24) is 9.55 Å². The fraction of sp³-hybridized carbons (Fsp3) is 0.333. The van der Waals surface area contributed by atoms with Gasteiger partial charge in [-0.2, -0.15) is 0 Å². The van der Waals surface area contributed by atoms with Crippen LogP contribution in [0, 0.1) is 5.41 Å². The Morgan fingerprint density at radius 1 is 1.25 bits per heavy atom. The van der Waals surface area contributed by atoms with Crippen LogP contribution in [0.25, 0.3) is 10.9 Å². The van der Waals surface area contributed by atoms with Crippen LogP contribution in [-0.4, -0.2) is 35.3 Å². The summed E-state index contributed by atoms with van der Waals surface area (Å²) >= 11 is 0. The van der Waals surface area contributed by atoms with E-state index in [4.69, 9.17) is 0 Å². The van der Waals surface area contributed by atoms with E-state index in [2.05, 4.69) is 15.6 Å². The van der Waals surface area contributed by atoms with E-state index in [9.17, 15) is 18.3 Å². The van der Waals surface area contributed by atoms with Crippen LogP contribution in [0.3, 0.4) is 0 Å². The van der Waals surface area contributed by atoms with Crippen molar-refractivity contribution in [2.24, 2.45) is 5.41 Å². The van der Waals surface area contributed by atoms with Gasteiger partial charge in [0.2, 0.25) is 0 Å². The van der Waals surface area contributed by atoms with Gasteiger partial charge in [-0.25, -0.2) is 13.4 Å². The highest BCUT2D eigenvalue weighted by atomic mass is 32.2. The summed E-state index contributed by atoms with van der Waals surface area (Å²) in [6.07, 6.45) is 4.67. The summed E-state index contributed by atoms with van der Waals surface area (Å²) in [4.78, 5) is 15.9. The maximum absolute atomic E-state index is 11.8. The molecule has 7 heteroatoms. The largest absolute Gasteiger partial charge is 0.481 e. The molecule has 146 valence electrons. The normalized spacial score (nSPS) is 19.5. The maximum atomic E-state index is 11.8. The molecule has 0 saturated heterocycles. The molecule has 0 saturated carbocycles. The van der Waals surface area contributed by atoms with Crippen LogP contribution in [0.15, 0.2) is 47.6 Å². The van der Waals surface area contributed by atoms with Gasteiger partial charge in [0.05, 0.1) is 5.41 Å². The zero-order chi connectivity index (χ0) is 20.1. The summed E-state index contributed by atoms with van der Waals surface area (Å²) in [5, 5.41) is 10.8. The predicted molar refractivity (Wildman–Crippen MR) is 106 cm³/mol. The summed E-state index contributed by atoms with van der Waals surface area (Å²) in [5.41, 5.74) is 3.52. The highest BCUT2D eigenvalue weighted by Gasteiger charge is 2.38. The SMILES string of the molecule is CC1(C(=O)O)CCc2c(Cc3ccc(S(C)(=O)=O)nc3)c3ccccc3n2C1. The molecule has 0 amide bonds. The minimum absolute atomic E-state index is 0.0669. The average molecular weight is 398 g/mol. The molecule has 1 aliphatic heterocycles. The smallest absolute Gasteiger partial charge is 0.311 e. The van der Waals surface area contributed by atoms with E-state index >= 15 is 0 Å². The third-order valence-electron chi connectivity index (χ3n) is 5.69. The van der Waals surface area contributed by atoms with Gasteiger partial charge in [-0.3, -0.25) is 4.79 Å². The van der Waals surface area contributed by atoms with E-state index in [1.807, 2.05) is 18.2 Å². The fourth-order valence-corrected chi connectivity index (χ4v) is 4.59. The molecule has 6 nitrogen and oxygen atoms in total. The number of hydrogen-bond donors (Lipinski definition) is 1. The first-order chi connectivity index (χ1) is 13.2. The molecule has 1 atom stereocenters. The number of benzene rings is 1. The molecule has 3 aromatic rings. The predicted octanol–water partition coefficient (Wildman–Crippen LogP) is 3.07. The molecule has 1 unspecified atom stereocenters. The Balaban J connectivity index is 1.78. The highest BCUT2D eigenvalue weighted by molar-refractivity contribution is 7.90. The van der Waals surface area contributed by atoms with Crippen LogP contribution in [0.4, 0.5) is 0 Å². The van der Waals surface area contributed by atoms with E-state index in [1.165, 1.54) is 6.07 Å². The van der Waals surface area contributed by atoms with E-state index in [1.54, 1.807) is 19.2 Å². The lowest BCUT2D eigenvalue weighted by Crippen LogP contribution is -2.37. The first kappa shape index (κ1) is 18.7. The molecule has 0 fully saturated rings. The van der Waals surface area contributed by atoms with Crippen molar-refractivity contribution in [1.29, 1.82) is 0 Å². The van der Waals surface area contributed by atoms with Crippen LogP contribution < -0.4 is 0 Å². The first-order valence-electron chi connectivity index (χ1n) is 9.16. The van der Waals surface area contributed by atoms with Crippen LogP contribution in [0.2, 0.25) is 0 Å². The van der Waals surface area contributed by atoms with Crippen LogP contribution >= 0.6 is 0 Å². The number of nitrogens with zero attached hydrogens (tertiary/aromatic N) is 2. The molecular weight excluding hydrogens is 376 g/mol. The minimum Gasteiger partial charge on any atom is -0.481 e. The molecule has 4 rings (SSSR count). The van der Waals surface area contributed by atoms with Gasteiger partial charge < -0.3 is 9.67 Å². The lowest BCUT2D eigenvalue weighted by Gasteiger charge is -2.32. The molecule has 0 bridgehead atoms. The summed E-state index contributed by atoms with van der Waals surface area (Å²) in [6, 6.07) is 11.4. The van der Waals surface area contributed by atoms with Crippen molar-refractivity contribution < 1.29 is 18.3 Å². The number of rotatable bonds is 4. The van der Waals surface area contributed by atoms with Gasteiger partial charge in [-0.05, 0) is 43.0 Å². The van der Waals surface area contributed by atoms with Gasteiger partial charge in [-0.15, -0.1) is 0 Å². The highest BCUT2D eigenvalue weighted by Crippen LogP contribution is 2.39. The number of carbonyl (C=O) groups is 1. The number of para-hydroxylation sites is 1. The van der Waals surface area contributed by atoms with Gasteiger partial charge in [-0.1, -0.05) is 24.3 Å². The lowest BCUT2D eigenvalue weighted by molar-refractivity contribution is -0.149. The van der Waals surface area contributed by atoms with Crippen LogP contribution in [0.5, 0.6) is 0 Å². The third-order valence-corrected chi connectivity index (χ3v) is 6.69. The van der Waals surface area contributed by atoms with E-state index in [0.717, 1.165) is 34.0 Å². The number of aromatic nitrogens is 2. The monoisotopic (exact) mass is 398 g/mol. The van der Waals surface area contributed by atoms with E-state index in [0.29, 0.717) is 25.8 Å². The Morgan fingerprint density at radius 2 is 2.00 bits per heavy atom. The molecule has 1 aromatic carbocycles. The van der Waals surface area contributed by atoms with Crippen molar-refractivity contribution in [3.05, 3.63) is 59.4 Å². The molecule has 3 heterocycles. The standard InChI is InChI=1S/C21H22N2O4S/c1-21(20(24)25)10-9-18-16(15-5-3-4-6-17(15)23(18)13-21)11-14-7-8-19(22-12-14)28(2,26)27/h3-8,12H,9-11,13H2,1-2H3,(H,24,25). The zero-order valence-corrected chi connectivity index (χ0v) is 16.7. The van der Waals surface area contributed by atoms with Gasteiger partial charge in [0, 0.05) is 42.0 Å². The number of sulfone groups is 1. The second-order valence-corrected chi connectivity index (χ2v) is 9.81. The molecule has 0 aliphatic carbocycles. The summed E-state index contributed by atoms with van der Waals surface area (Å²) in [5.74, 6) is -0.766. The second kappa shape index (κ2) is 6.44. The quantitative estimate of drug-likeness (QED) is 0.730. The minimum atomic E-state index is -3.32. The Bertz CT molecular complexity index is 1180. The Labute approximate surface area is 163 Å². The molecule has 1 aliphatic rings. The van der Waals surface area contributed by atoms with Gasteiger partial charge >= 0.3 is 5.97 Å². The lowest BCUT2D eigenvalue weighted by atomic mass is 9.81. The zero-order valence-electron chi connectivity index (χ0n) is 15.8. The number of aliphatic carboxylic acids is 1. The Morgan fingerprint density at radius 3 is 2.64 bits per heavy atom. The third kappa shape index (κ3) is 3.09. The summed E-state index contributed by atoms with van der Waals surface area (Å²) in [6.45, 7) is 2.25. The number of fused-ring (bicyclic) bond motifs is 3. The number of pyridine rings is 1. The topological polar surface area (TPSA) is 89.3 Å². The van der Waals surface area contributed by atoms with Crippen molar-refractivity contribution in [3.63, 3.8) is 0 Å². The fourth-order valence-electron chi connectivity index (χ4n) is 4.03. The summed E-state index contributed by atoms with van der Waals surface area (Å²) in [7, 11) is -3.32. The number of carboxylic acid groups (broad SMARTS) is 1. The second-order valence-electron chi connectivity index (χ2n) is 7.85. The first-order valence-corrected chi connectivity index (χ1v) is 11.1. The molecule has 1 N–H and O–H groups in total. The number of hydrogen-bond acceptors (Lipinski definition) is 4. The van der Waals surface area contributed by atoms with Crippen molar-refractivity contribution >= 4 is 26.7 Å². The van der Waals surface area contributed by atoms with Gasteiger partial charge in [0.15, 0.2) is 14.9 Å². The van der Waals surface area contributed by atoms with Crippen molar-refractivity contribution in [2.45, 2.75) is 37.8 Å². The Hall–Kier alpha value is -2.67. The maximum Gasteiger partial charge on any atom is 0.311 e. The molecule has 0 radical (unpaired) electrons. The molecular formula is C21H22N2O4S. The van der Waals surface area contributed by atoms with Crippen molar-refractivity contribution in [3.8, 4) is 0 Å². The van der Waals surface area contributed by atoms with Crippen molar-refractivity contribution in [2.75, 3.05) is 6.26 Å².